The van der Waals surface area contributed by atoms with Crippen LogP contribution < -0.4 is 11.1 Å². The summed E-state index contributed by atoms with van der Waals surface area (Å²) >= 11 is 4.90. The molecule has 4 nitrogen and oxygen atoms in total. The van der Waals surface area contributed by atoms with Gasteiger partial charge in [0, 0.05) is 11.0 Å². The Bertz CT molecular complexity index is 457. The Balaban J connectivity index is 2.18. The van der Waals surface area contributed by atoms with E-state index in [0.717, 1.165) is 20.3 Å². The minimum Gasteiger partial charge on any atom is -0.329 e. The van der Waals surface area contributed by atoms with E-state index in [1.807, 2.05) is 24.3 Å². The van der Waals surface area contributed by atoms with E-state index >= 15 is 0 Å². The van der Waals surface area contributed by atoms with Crippen LogP contribution in [0.25, 0.3) is 0 Å². The summed E-state index contributed by atoms with van der Waals surface area (Å²) in [6.07, 6.45) is 0. The molecule has 1 aromatic heterocycles. The van der Waals surface area contributed by atoms with E-state index in [9.17, 15) is 0 Å². The lowest BCUT2D eigenvalue weighted by Gasteiger charge is -2.03. The number of rotatable bonds is 3. The maximum Gasteiger partial charge on any atom is 0.210 e. The molecule has 78 valence electrons. The molecule has 2 aromatic rings. The first-order chi connectivity index (χ1) is 7.29. The van der Waals surface area contributed by atoms with Crippen molar-refractivity contribution in [2.45, 2.75) is 6.54 Å². The molecule has 0 fully saturated rings. The standard InChI is InChI=1S/C9H9BrN4S/c10-6-3-1-2-4-7(6)12-9-14-13-8(5-11)15-9/h1-4H,5,11H2,(H,12,14). The van der Waals surface area contributed by atoms with Crippen LogP contribution in [0.15, 0.2) is 28.7 Å². The number of aromatic nitrogens is 2. The predicted octanol–water partition coefficient (Wildman–Crippen LogP) is 2.50. The largest absolute Gasteiger partial charge is 0.329 e. The molecule has 0 aliphatic carbocycles. The van der Waals surface area contributed by atoms with E-state index in [4.69, 9.17) is 5.73 Å². The summed E-state index contributed by atoms with van der Waals surface area (Å²) < 4.78 is 0.995. The van der Waals surface area contributed by atoms with Crippen molar-refractivity contribution >= 4 is 38.1 Å². The highest BCUT2D eigenvalue weighted by molar-refractivity contribution is 9.10. The predicted molar refractivity (Wildman–Crippen MR) is 65.2 cm³/mol. The normalized spacial score (nSPS) is 10.3. The molecule has 1 aromatic carbocycles. The molecule has 0 spiro atoms. The van der Waals surface area contributed by atoms with Crippen LogP contribution in [0.4, 0.5) is 10.8 Å². The second-order valence-corrected chi connectivity index (χ2v) is 4.73. The molecule has 2 rings (SSSR count). The van der Waals surface area contributed by atoms with Crippen LogP contribution in [-0.4, -0.2) is 10.2 Å². The van der Waals surface area contributed by atoms with Gasteiger partial charge in [0.2, 0.25) is 5.13 Å². The van der Waals surface area contributed by atoms with Crippen molar-refractivity contribution in [1.82, 2.24) is 10.2 Å². The van der Waals surface area contributed by atoms with E-state index in [1.54, 1.807) is 0 Å². The fourth-order valence-corrected chi connectivity index (χ4v) is 2.08. The number of nitrogens with one attached hydrogen (secondary N) is 1. The Morgan fingerprint density at radius 2 is 2.13 bits per heavy atom. The summed E-state index contributed by atoms with van der Waals surface area (Å²) in [4.78, 5) is 0. The zero-order chi connectivity index (χ0) is 10.7. The van der Waals surface area contributed by atoms with E-state index in [1.165, 1.54) is 11.3 Å². The summed E-state index contributed by atoms with van der Waals surface area (Å²) in [5.41, 5.74) is 6.43. The third-order valence-electron chi connectivity index (χ3n) is 1.76. The fraction of sp³-hybridized carbons (Fsp3) is 0.111. The van der Waals surface area contributed by atoms with E-state index in [-0.39, 0.29) is 0 Å². The average Bonchev–Trinajstić information content (AvgIpc) is 2.69. The van der Waals surface area contributed by atoms with Crippen LogP contribution in [0, 0.1) is 0 Å². The molecule has 0 unspecified atom stereocenters. The molecular formula is C9H9BrN4S. The number of hydrogen-bond acceptors (Lipinski definition) is 5. The van der Waals surface area contributed by atoms with Gasteiger partial charge in [-0.15, -0.1) is 10.2 Å². The Hall–Kier alpha value is -0.980. The molecule has 0 bridgehead atoms. The number of nitrogens with zero attached hydrogens (tertiary/aromatic N) is 2. The molecule has 0 aliphatic rings. The second kappa shape index (κ2) is 4.69. The average molecular weight is 285 g/mol. The number of hydrogen-bond donors (Lipinski definition) is 2. The Morgan fingerprint density at radius 1 is 1.33 bits per heavy atom. The smallest absolute Gasteiger partial charge is 0.210 e. The second-order valence-electron chi connectivity index (χ2n) is 2.81. The Morgan fingerprint density at radius 3 is 2.80 bits per heavy atom. The van der Waals surface area contributed by atoms with Gasteiger partial charge in [0.05, 0.1) is 5.69 Å². The summed E-state index contributed by atoms with van der Waals surface area (Å²) in [5.74, 6) is 0. The third kappa shape index (κ3) is 2.53. The van der Waals surface area contributed by atoms with Crippen molar-refractivity contribution in [3.05, 3.63) is 33.7 Å². The van der Waals surface area contributed by atoms with Crippen molar-refractivity contribution in [1.29, 1.82) is 0 Å². The van der Waals surface area contributed by atoms with Crippen LogP contribution >= 0.6 is 27.3 Å². The van der Waals surface area contributed by atoms with Gasteiger partial charge in [-0.3, -0.25) is 0 Å². The molecule has 3 N–H and O–H groups in total. The lowest BCUT2D eigenvalue weighted by Crippen LogP contribution is -1.94. The van der Waals surface area contributed by atoms with Crippen molar-refractivity contribution in [3.8, 4) is 0 Å². The van der Waals surface area contributed by atoms with Crippen LogP contribution in [-0.2, 0) is 6.54 Å². The zero-order valence-electron chi connectivity index (χ0n) is 7.77. The molecule has 15 heavy (non-hydrogen) atoms. The van der Waals surface area contributed by atoms with Crippen molar-refractivity contribution in [2.24, 2.45) is 5.73 Å². The fourth-order valence-electron chi connectivity index (χ4n) is 1.06. The summed E-state index contributed by atoms with van der Waals surface area (Å²) in [6.45, 7) is 0.426. The molecule has 0 aliphatic heterocycles. The minimum atomic E-state index is 0.426. The Labute approximate surface area is 99.7 Å². The van der Waals surface area contributed by atoms with Crippen LogP contribution in [0.5, 0.6) is 0 Å². The topological polar surface area (TPSA) is 63.8 Å². The van der Waals surface area contributed by atoms with Gasteiger partial charge in [-0.25, -0.2) is 0 Å². The molecule has 0 radical (unpaired) electrons. The Kier molecular flexibility index (Phi) is 3.30. The van der Waals surface area contributed by atoms with E-state index in [0.29, 0.717) is 6.54 Å². The van der Waals surface area contributed by atoms with Crippen LogP contribution in [0.2, 0.25) is 0 Å². The number of anilines is 2. The molecule has 0 atom stereocenters. The lowest BCUT2D eigenvalue weighted by molar-refractivity contribution is 0.960. The van der Waals surface area contributed by atoms with Gasteiger partial charge in [0.15, 0.2) is 0 Å². The van der Waals surface area contributed by atoms with Gasteiger partial charge >= 0.3 is 0 Å². The van der Waals surface area contributed by atoms with E-state index < -0.39 is 0 Å². The number of para-hydroxylation sites is 1. The summed E-state index contributed by atoms with van der Waals surface area (Å²) in [5, 5.41) is 12.7. The van der Waals surface area contributed by atoms with Crippen molar-refractivity contribution in [2.75, 3.05) is 5.32 Å². The van der Waals surface area contributed by atoms with Gasteiger partial charge < -0.3 is 11.1 Å². The molecule has 0 saturated carbocycles. The SMILES string of the molecule is NCc1nnc(Nc2ccccc2Br)s1. The quantitative estimate of drug-likeness (QED) is 0.909. The third-order valence-corrected chi connectivity index (χ3v) is 3.31. The van der Waals surface area contributed by atoms with Gasteiger partial charge in [0.1, 0.15) is 5.01 Å². The highest BCUT2D eigenvalue weighted by Crippen LogP contribution is 2.26. The van der Waals surface area contributed by atoms with Gasteiger partial charge in [-0.2, -0.15) is 0 Å². The summed E-state index contributed by atoms with van der Waals surface area (Å²) in [7, 11) is 0. The lowest BCUT2D eigenvalue weighted by atomic mass is 10.3. The molecule has 0 saturated heterocycles. The molecular weight excluding hydrogens is 276 g/mol. The summed E-state index contributed by atoms with van der Waals surface area (Å²) in [6, 6.07) is 7.85. The maximum absolute atomic E-state index is 5.46. The highest BCUT2D eigenvalue weighted by atomic mass is 79.9. The van der Waals surface area contributed by atoms with Crippen molar-refractivity contribution in [3.63, 3.8) is 0 Å². The van der Waals surface area contributed by atoms with Crippen LogP contribution in [0.1, 0.15) is 5.01 Å². The van der Waals surface area contributed by atoms with Gasteiger partial charge in [-0.1, -0.05) is 23.5 Å². The maximum atomic E-state index is 5.46. The number of benzene rings is 1. The monoisotopic (exact) mass is 284 g/mol. The number of halogens is 1. The first-order valence-corrected chi connectivity index (χ1v) is 5.94. The van der Waals surface area contributed by atoms with E-state index in [2.05, 4.69) is 31.4 Å². The van der Waals surface area contributed by atoms with Crippen LogP contribution in [0.3, 0.4) is 0 Å². The van der Waals surface area contributed by atoms with Crippen molar-refractivity contribution < 1.29 is 0 Å². The highest BCUT2D eigenvalue weighted by Gasteiger charge is 2.04. The number of nitrogens with two attached hydrogens (primary N) is 1. The molecule has 1 heterocycles. The minimum absolute atomic E-state index is 0.426. The first kappa shape index (κ1) is 10.5. The molecule has 0 amide bonds. The van der Waals surface area contributed by atoms with Gasteiger partial charge in [0.25, 0.3) is 0 Å². The zero-order valence-corrected chi connectivity index (χ0v) is 10.2. The first-order valence-electron chi connectivity index (χ1n) is 4.33. The molecule has 6 heteroatoms. The van der Waals surface area contributed by atoms with Gasteiger partial charge in [-0.05, 0) is 28.1 Å².